The maximum Gasteiger partial charge on any atom is 0.339 e. The smallest absolute Gasteiger partial charge is 0.339 e. The Bertz CT molecular complexity index is 586. The number of hydrogen-bond donors (Lipinski definition) is 2. The highest BCUT2D eigenvalue weighted by atomic mass is 16.4. The van der Waals surface area contributed by atoms with E-state index in [1.54, 1.807) is 18.1 Å². The molecule has 0 unspecified atom stereocenters. The van der Waals surface area contributed by atoms with Gasteiger partial charge in [0.1, 0.15) is 11.4 Å². The molecule has 0 aromatic carbocycles. The molecule has 0 atom stereocenters. The van der Waals surface area contributed by atoms with Crippen molar-refractivity contribution in [3.63, 3.8) is 0 Å². The van der Waals surface area contributed by atoms with Crippen LogP contribution in [0.2, 0.25) is 0 Å². The van der Waals surface area contributed by atoms with Gasteiger partial charge in [-0.1, -0.05) is 6.07 Å². The summed E-state index contributed by atoms with van der Waals surface area (Å²) in [6.45, 7) is 0.470. The minimum Gasteiger partial charge on any atom is -0.478 e. The van der Waals surface area contributed by atoms with Crippen molar-refractivity contribution < 1.29 is 9.90 Å². The quantitative estimate of drug-likeness (QED) is 0.861. The largest absolute Gasteiger partial charge is 0.478 e. The first-order valence-electron chi connectivity index (χ1n) is 5.68. The van der Waals surface area contributed by atoms with E-state index in [4.69, 9.17) is 10.8 Å². The van der Waals surface area contributed by atoms with Gasteiger partial charge in [0.25, 0.3) is 0 Å². The molecule has 6 nitrogen and oxygen atoms in total. The first-order valence-corrected chi connectivity index (χ1v) is 5.68. The second-order valence-corrected chi connectivity index (χ2v) is 4.12. The van der Waals surface area contributed by atoms with Crippen LogP contribution in [-0.4, -0.2) is 28.1 Å². The van der Waals surface area contributed by atoms with E-state index in [0.717, 1.165) is 5.69 Å². The number of nitrogens with two attached hydrogens (primary N) is 1. The third-order valence-electron chi connectivity index (χ3n) is 2.61. The number of aromatic carboxylic acids is 1. The van der Waals surface area contributed by atoms with Crippen molar-refractivity contribution in [1.29, 1.82) is 0 Å². The lowest BCUT2D eigenvalue weighted by Gasteiger charge is -2.19. The fourth-order valence-electron chi connectivity index (χ4n) is 1.74. The average molecular weight is 258 g/mol. The SMILES string of the molecule is CN(Cc1ccccn1)c1ncc(N)cc1C(=O)O. The van der Waals surface area contributed by atoms with E-state index in [9.17, 15) is 4.79 Å². The van der Waals surface area contributed by atoms with Crippen molar-refractivity contribution in [1.82, 2.24) is 9.97 Å². The van der Waals surface area contributed by atoms with E-state index in [0.29, 0.717) is 18.1 Å². The van der Waals surface area contributed by atoms with Crippen molar-refractivity contribution in [2.24, 2.45) is 0 Å². The van der Waals surface area contributed by atoms with Crippen LogP contribution in [0.4, 0.5) is 11.5 Å². The van der Waals surface area contributed by atoms with Crippen LogP contribution in [0.3, 0.4) is 0 Å². The van der Waals surface area contributed by atoms with E-state index >= 15 is 0 Å². The summed E-state index contributed by atoms with van der Waals surface area (Å²) in [6, 6.07) is 6.98. The molecule has 0 fully saturated rings. The first kappa shape index (κ1) is 12.8. The Kier molecular flexibility index (Phi) is 3.61. The Morgan fingerprint density at radius 1 is 1.42 bits per heavy atom. The molecule has 2 heterocycles. The van der Waals surface area contributed by atoms with E-state index < -0.39 is 5.97 Å². The highest BCUT2D eigenvalue weighted by molar-refractivity contribution is 5.94. The third-order valence-corrected chi connectivity index (χ3v) is 2.61. The Morgan fingerprint density at radius 2 is 2.21 bits per heavy atom. The number of hydrogen-bond acceptors (Lipinski definition) is 5. The summed E-state index contributed by atoms with van der Waals surface area (Å²) in [5, 5.41) is 9.17. The summed E-state index contributed by atoms with van der Waals surface area (Å²) in [5.41, 5.74) is 6.80. The van der Waals surface area contributed by atoms with Crippen LogP contribution in [0.1, 0.15) is 16.1 Å². The summed E-state index contributed by atoms with van der Waals surface area (Å²) < 4.78 is 0. The van der Waals surface area contributed by atoms with E-state index in [1.807, 2.05) is 18.2 Å². The monoisotopic (exact) mass is 258 g/mol. The van der Waals surface area contributed by atoms with Gasteiger partial charge in [0.2, 0.25) is 0 Å². The van der Waals surface area contributed by atoms with Crippen LogP contribution in [0.15, 0.2) is 36.7 Å². The summed E-state index contributed by atoms with van der Waals surface area (Å²) in [4.78, 5) is 21.2. The summed E-state index contributed by atoms with van der Waals surface area (Å²) >= 11 is 0. The summed E-state index contributed by atoms with van der Waals surface area (Å²) in [7, 11) is 1.76. The Hall–Kier alpha value is -2.63. The summed E-state index contributed by atoms with van der Waals surface area (Å²) in [6.07, 6.45) is 3.13. The van der Waals surface area contributed by atoms with Gasteiger partial charge < -0.3 is 15.7 Å². The Balaban J connectivity index is 2.28. The zero-order chi connectivity index (χ0) is 13.8. The molecule has 6 heteroatoms. The minimum absolute atomic E-state index is 0.0819. The lowest BCUT2D eigenvalue weighted by atomic mass is 10.2. The molecule has 0 bridgehead atoms. The van der Waals surface area contributed by atoms with Crippen LogP contribution in [0.5, 0.6) is 0 Å². The second-order valence-electron chi connectivity index (χ2n) is 4.12. The predicted molar refractivity (Wildman–Crippen MR) is 72.0 cm³/mol. The van der Waals surface area contributed by atoms with Gasteiger partial charge in [-0.05, 0) is 18.2 Å². The molecule has 0 saturated heterocycles. The molecule has 98 valence electrons. The number of carbonyl (C=O) groups is 1. The number of nitrogens with zero attached hydrogens (tertiary/aromatic N) is 3. The lowest BCUT2D eigenvalue weighted by Crippen LogP contribution is -2.21. The van der Waals surface area contributed by atoms with Crippen LogP contribution in [0, 0.1) is 0 Å². The molecule has 0 saturated carbocycles. The number of nitrogen functional groups attached to an aromatic ring is 1. The molecule has 3 N–H and O–H groups in total. The zero-order valence-corrected chi connectivity index (χ0v) is 10.4. The van der Waals surface area contributed by atoms with Gasteiger partial charge in [0, 0.05) is 13.2 Å². The van der Waals surface area contributed by atoms with Crippen LogP contribution < -0.4 is 10.6 Å². The van der Waals surface area contributed by atoms with Crippen molar-refractivity contribution in [3.05, 3.63) is 47.9 Å². The van der Waals surface area contributed by atoms with Gasteiger partial charge in [-0.2, -0.15) is 0 Å². The van der Waals surface area contributed by atoms with Gasteiger partial charge in [-0.3, -0.25) is 4.98 Å². The van der Waals surface area contributed by atoms with Gasteiger partial charge in [0.15, 0.2) is 0 Å². The van der Waals surface area contributed by atoms with Crippen molar-refractivity contribution in [3.8, 4) is 0 Å². The number of aromatic nitrogens is 2. The zero-order valence-electron chi connectivity index (χ0n) is 10.4. The first-order chi connectivity index (χ1) is 9.08. The number of carboxylic acids is 1. The molecule has 0 radical (unpaired) electrons. The van der Waals surface area contributed by atoms with E-state index in [-0.39, 0.29) is 5.56 Å². The maximum absolute atomic E-state index is 11.2. The number of anilines is 2. The highest BCUT2D eigenvalue weighted by Crippen LogP contribution is 2.20. The standard InChI is InChI=1S/C13H14N4O2/c1-17(8-10-4-2-3-5-15-10)12-11(13(18)19)6-9(14)7-16-12/h2-7H,8,14H2,1H3,(H,18,19). The molecular formula is C13H14N4O2. The number of rotatable bonds is 4. The van der Waals surface area contributed by atoms with Crippen molar-refractivity contribution in [2.45, 2.75) is 6.54 Å². The van der Waals surface area contributed by atoms with Gasteiger partial charge in [-0.15, -0.1) is 0 Å². The Morgan fingerprint density at radius 3 is 2.84 bits per heavy atom. The lowest BCUT2D eigenvalue weighted by molar-refractivity contribution is 0.0697. The van der Waals surface area contributed by atoms with Gasteiger partial charge >= 0.3 is 5.97 Å². The molecule has 19 heavy (non-hydrogen) atoms. The molecule has 0 aliphatic rings. The second kappa shape index (κ2) is 5.34. The average Bonchev–Trinajstić information content (AvgIpc) is 2.39. The molecule has 0 aliphatic heterocycles. The topological polar surface area (TPSA) is 92.3 Å². The molecule has 0 aliphatic carbocycles. The Labute approximate surface area is 110 Å². The van der Waals surface area contributed by atoms with Crippen LogP contribution in [0.25, 0.3) is 0 Å². The number of carboxylic acid groups (broad SMARTS) is 1. The van der Waals surface area contributed by atoms with E-state index in [2.05, 4.69) is 9.97 Å². The number of pyridine rings is 2. The fourth-order valence-corrected chi connectivity index (χ4v) is 1.74. The van der Waals surface area contributed by atoms with Crippen molar-refractivity contribution >= 4 is 17.5 Å². The highest BCUT2D eigenvalue weighted by Gasteiger charge is 2.16. The third kappa shape index (κ3) is 2.98. The normalized spacial score (nSPS) is 10.2. The molecule has 2 rings (SSSR count). The molecular weight excluding hydrogens is 244 g/mol. The minimum atomic E-state index is -1.05. The predicted octanol–water partition coefficient (Wildman–Crippen LogP) is 1.39. The van der Waals surface area contributed by atoms with Crippen molar-refractivity contribution in [2.75, 3.05) is 17.7 Å². The molecule has 2 aromatic heterocycles. The van der Waals surface area contributed by atoms with Gasteiger partial charge in [0.05, 0.1) is 24.1 Å². The van der Waals surface area contributed by atoms with Crippen LogP contribution in [-0.2, 0) is 6.54 Å². The van der Waals surface area contributed by atoms with Crippen LogP contribution >= 0.6 is 0 Å². The van der Waals surface area contributed by atoms with Gasteiger partial charge in [-0.25, -0.2) is 9.78 Å². The molecule has 0 spiro atoms. The van der Waals surface area contributed by atoms with E-state index in [1.165, 1.54) is 12.3 Å². The molecule has 0 amide bonds. The maximum atomic E-state index is 11.2. The fraction of sp³-hybridized carbons (Fsp3) is 0.154. The molecule has 2 aromatic rings. The summed E-state index contributed by atoms with van der Waals surface area (Å²) in [5.74, 6) is -0.685.